The van der Waals surface area contributed by atoms with Crippen LogP contribution in [0.25, 0.3) is 5.82 Å². The normalized spacial score (nSPS) is 17.5. The molecule has 0 spiro atoms. The molecular weight excluding hydrogens is 390 g/mol. The van der Waals surface area contributed by atoms with Crippen LogP contribution in [0.4, 0.5) is 5.69 Å². The number of amides is 1. The molecule has 150 valence electrons. The molecule has 1 unspecified atom stereocenters. The maximum Gasteiger partial charge on any atom is 0.246 e. The minimum Gasteiger partial charge on any atom is -0.323 e. The highest BCUT2D eigenvalue weighted by molar-refractivity contribution is 7.91. The van der Waals surface area contributed by atoms with Crippen LogP contribution in [-0.2, 0) is 14.6 Å². The summed E-state index contributed by atoms with van der Waals surface area (Å²) in [7, 11) is -3.03. The summed E-state index contributed by atoms with van der Waals surface area (Å²) in [6.45, 7) is 0.650. The van der Waals surface area contributed by atoms with Crippen molar-refractivity contribution in [1.82, 2.24) is 19.7 Å². The Bertz CT molecular complexity index is 1050. The summed E-state index contributed by atoms with van der Waals surface area (Å²) in [4.78, 5) is 19.4. The summed E-state index contributed by atoms with van der Waals surface area (Å²) in [5, 5.41) is 7.04. The van der Waals surface area contributed by atoms with Gasteiger partial charge in [0, 0.05) is 25.5 Å². The molecule has 8 nitrogen and oxygen atoms in total. The number of rotatable bonds is 5. The molecular formula is C20H21N5O3S. The molecule has 0 saturated carbocycles. The Labute approximate surface area is 169 Å². The van der Waals surface area contributed by atoms with E-state index < -0.39 is 15.9 Å². The van der Waals surface area contributed by atoms with Crippen LogP contribution in [0.5, 0.6) is 0 Å². The topological polar surface area (TPSA) is 97.2 Å². The van der Waals surface area contributed by atoms with Crippen LogP contribution in [-0.4, -0.2) is 58.6 Å². The fraction of sp³-hybridized carbons (Fsp3) is 0.250. The molecule has 1 fully saturated rings. The second-order valence-electron chi connectivity index (χ2n) is 6.85. The Kier molecular flexibility index (Phi) is 5.41. The first-order chi connectivity index (χ1) is 14.0. The van der Waals surface area contributed by atoms with Gasteiger partial charge in [-0.2, -0.15) is 5.10 Å². The van der Waals surface area contributed by atoms with E-state index in [4.69, 9.17) is 0 Å². The van der Waals surface area contributed by atoms with E-state index in [-0.39, 0.29) is 17.4 Å². The predicted octanol–water partition coefficient (Wildman–Crippen LogP) is 1.68. The van der Waals surface area contributed by atoms with E-state index >= 15 is 0 Å². The Balaban J connectivity index is 1.54. The summed E-state index contributed by atoms with van der Waals surface area (Å²) in [6.07, 6.45) is 5.04. The summed E-state index contributed by atoms with van der Waals surface area (Å²) in [5.41, 5.74) is 1.39. The van der Waals surface area contributed by atoms with Gasteiger partial charge in [-0.05, 0) is 23.8 Å². The molecule has 1 aromatic carbocycles. The summed E-state index contributed by atoms with van der Waals surface area (Å²) < 4.78 is 25.2. The average molecular weight is 411 g/mol. The molecule has 1 amide bonds. The Morgan fingerprint density at radius 3 is 2.41 bits per heavy atom. The van der Waals surface area contributed by atoms with Crippen LogP contribution in [0.2, 0.25) is 0 Å². The van der Waals surface area contributed by atoms with Crippen LogP contribution in [0.15, 0.2) is 67.1 Å². The molecule has 3 aromatic rings. The first-order valence-electron chi connectivity index (χ1n) is 9.28. The van der Waals surface area contributed by atoms with Gasteiger partial charge in [0.15, 0.2) is 15.7 Å². The highest BCUT2D eigenvalue weighted by Crippen LogP contribution is 2.25. The van der Waals surface area contributed by atoms with Crippen molar-refractivity contribution in [2.45, 2.75) is 6.04 Å². The van der Waals surface area contributed by atoms with Crippen LogP contribution < -0.4 is 5.32 Å². The van der Waals surface area contributed by atoms with Crippen LogP contribution in [0, 0.1) is 0 Å². The zero-order chi connectivity index (χ0) is 20.3. The van der Waals surface area contributed by atoms with Gasteiger partial charge >= 0.3 is 0 Å². The predicted molar refractivity (Wildman–Crippen MR) is 109 cm³/mol. The van der Waals surface area contributed by atoms with Crippen molar-refractivity contribution >= 4 is 21.4 Å². The molecule has 3 heterocycles. The number of carbonyl (C=O) groups excluding carboxylic acids is 1. The Morgan fingerprint density at radius 2 is 1.79 bits per heavy atom. The summed E-state index contributed by atoms with van der Waals surface area (Å²) >= 11 is 0. The number of hydrogen-bond donors (Lipinski definition) is 1. The average Bonchev–Trinajstić information content (AvgIpc) is 3.26. The van der Waals surface area contributed by atoms with E-state index in [1.807, 2.05) is 35.2 Å². The zero-order valence-corrected chi connectivity index (χ0v) is 16.5. The fourth-order valence-corrected chi connectivity index (χ4v) is 4.59. The monoisotopic (exact) mass is 411 g/mol. The largest absolute Gasteiger partial charge is 0.323 e. The van der Waals surface area contributed by atoms with Crippen LogP contribution in [0.3, 0.4) is 0 Å². The van der Waals surface area contributed by atoms with Gasteiger partial charge < -0.3 is 5.32 Å². The summed E-state index contributed by atoms with van der Waals surface area (Å²) in [6, 6.07) is 14.2. The number of nitrogens with one attached hydrogen (secondary N) is 1. The number of pyridine rings is 1. The lowest BCUT2D eigenvalue weighted by molar-refractivity contribution is -0.121. The van der Waals surface area contributed by atoms with Crippen molar-refractivity contribution < 1.29 is 13.2 Å². The molecule has 1 aliphatic rings. The van der Waals surface area contributed by atoms with Gasteiger partial charge in [-0.15, -0.1) is 0 Å². The summed E-state index contributed by atoms with van der Waals surface area (Å²) in [5.74, 6) is 0.547. The van der Waals surface area contributed by atoms with Gasteiger partial charge in [-0.1, -0.05) is 30.3 Å². The van der Waals surface area contributed by atoms with E-state index in [0.29, 0.717) is 24.6 Å². The van der Waals surface area contributed by atoms with Crippen LogP contribution >= 0.6 is 0 Å². The van der Waals surface area contributed by atoms with E-state index in [0.717, 1.165) is 5.56 Å². The SMILES string of the molecule is O=C(Nc1ccc(-n2cccn2)nc1)C(c1ccccc1)N1CCS(=O)(=O)CC1. The van der Waals surface area contributed by atoms with E-state index in [1.165, 1.54) is 0 Å². The first kappa shape index (κ1) is 19.3. The number of carbonyl (C=O) groups is 1. The maximum atomic E-state index is 13.1. The standard InChI is InChI=1S/C20H21N5O3S/c26-20(23-17-7-8-18(21-15-17)25-10-4-9-22-25)19(16-5-2-1-3-6-16)24-11-13-29(27,28)14-12-24/h1-10,15,19H,11-14H2,(H,23,26). The molecule has 0 bridgehead atoms. The van der Waals surface area contributed by atoms with Crippen molar-refractivity contribution in [1.29, 1.82) is 0 Å². The van der Waals surface area contributed by atoms with Crippen molar-refractivity contribution in [2.75, 3.05) is 29.9 Å². The zero-order valence-electron chi connectivity index (χ0n) is 15.7. The smallest absolute Gasteiger partial charge is 0.246 e. The van der Waals surface area contributed by atoms with Gasteiger partial charge in [-0.25, -0.2) is 18.1 Å². The van der Waals surface area contributed by atoms with Gasteiger partial charge in [0.25, 0.3) is 0 Å². The minimum absolute atomic E-state index is 0.0593. The second-order valence-corrected chi connectivity index (χ2v) is 9.15. The second kappa shape index (κ2) is 8.14. The number of aromatic nitrogens is 3. The van der Waals surface area contributed by atoms with Crippen molar-refractivity contribution in [3.05, 3.63) is 72.7 Å². The van der Waals surface area contributed by atoms with Crippen LogP contribution in [0.1, 0.15) is 11.6 Å². The van der Waals surface area contributed by atoms with Gasteiger partial charge in [0.2, 0.25) is 5.91 Å². The highest BCUT2D eigenvalue weighted by atomic mass is 32.2. The molecule has 0 aliphatic carbocycles. The molecule has 9 heteroatoms. The van der Waals surface area contributed by atoms with Crippen molar-refractivity contribution in [3.63, 3.8) is 0 Å². The molecule has 1 atom stereocenters. The Morgan fingerprint density at radius 1 is 1.03 bits per heavy atom. The van der Waals surface area contributed by atoms with Crippen molar-refractivity contribution in [2.24, 2.45) is 0 Å². The number of sulfone groups is 1. The maximum absolute atomic E-state index is 13.1. The minimum atomic E-state index is -3.03. The van der Waals surface area contributed by atoms with E-state index in [9.17, 15) is 13.2 Å². The third-order valence-corrected chi connectivity index (χ3v) is 6.47. The molecule has 1 N–H and O–H groups in total. The third-order valence-electron chi connectivity index (χ3n) is 4.86. The molecule has 29 heavy (non-hydrogen) atoms. The molecule has 1 aliphatic heterocycles. The van der Waals surface area contributed by atoms with Gasteiger partial charge in [0.05, 0.1) is 23.4 Å². The quantitative estimate of drug-likeness (QED) is 0.686. The molecule has 2 aromatic heterocycles. The lowest BCUT2D eigenvalue weighted by atomic mass is 10.0. The first-order valence-corrected chi connectivity index (χ1v) is 11.1. The van der Waals surface area contributed by atoms with Gasteiger partial charge in [-0.3, -0.25) is 9.69 Å². The highest BCUT2D eigenvalue weighted by Gasteiger charge is 2.32. The lowest BCUT2D eigenvalue weighted by Gasteiger charge is -2.33. The van der Waals surface area contributed by atoms with E-state index in [1.54, 1.807) is 41.5 Å². The molecule has 4 rings (SSSR count). The number of nitrogens with zero attached hydrogens (tertiary/aromatic N) is 4. The number of anilines is 1. The number of hydrogen-bond acceptors (Lipinski definition) is 6. The van der Waals surface area contributed by atoms with E-state index in [2.05, 4.69) is 15.4 Å². The fourth-order valence-electron chi connectivity index (χ4n) is 3.36. The number of benzene rings is 1. The van der Waals surface area contributed by atoms with Gasteiger partial charge in [0.1, 0.15) is 6.04 Å². The Hall–Kier alpha value is -3.04. The molecule has 0 radical (unpaired) electrons. The lowest BCUT2D eigenvalue weighted by Crippen LogP contribution is -2.46. The third kappa shape index (κ3) is 4.52. The molecule has 1 saturated heterocycles. The van der Waals surface area contributed by atoms with Crippen molar-refractivity contribution in [3.8, 4) is 5.82 Å².